The summed E-state index contributed by atoms with van der Waals surface area (Å²) < 4.78 is 18.7. The first-order valence-corrected chi connectivity index (χ1v) is 8.18. The number of carbonyl (C=O) groups excluding carboxylic acids is 2. The Kier molecular flexibility index (Phi) is 4.75. The molecule has 0 aliphatic carbocycles. The van der Waals surface area contributed by atoms with E-state index in [0.29, 0.717) is 29.2 Å². The van der Waals surface area contributed by atoms with Gasteiger partial charge in [-0.05, 0) is 50.2 Å². The molecule has 0 saturated heterocycles. The highest BCUT2D eigenvalue weighted by Crippen LogP contribution is 2.36. The smallest absolute Gasteiger partial charge is 0.268 e. The van der Waals surface area contributed by atoms with Crippen molar-refractivity contribution in [3.05, 3.63) is 66.0 Å². The number of carbonyl (C=O) groups is 2. The van der Waals surface area contributed by atoms with E-state index in [2.05, 4.69) is 11.9 Å². The fourth-order valence-electron chi connectivity index (χ4n) is 2.73. The molecule has 0 bridgehead atoms. The maximum atomic E-state index is 13.0. The maximum Gasteiger partial charge on any atom is 0.268 e. The van der Waals surface area contributed by atoms with Crippen LogP contribution in [0.4, 0.5) is 15.8 Å². The summed E-state index contributed by atoms with van der Waals surface area (Å²) in [5, 5.41) is 2.75. The van der Waals surface area contributed by atoms with Crippen molar-refractivity contribution in [1.29, 1.82) is 0 Å². The minimum atomic E-state index is -0.620. The molecule has 1 aliphatic rings. The average molecular weight is 354 g/mol. The molecule has 0 radical (unpaired) electrons. The number of amides is 2. The van der Waals surface area contributed by atoms with Crippen molar-refractivity contribution < 1.29 is 18.7 Å². The van der Waals surface area contributed by atoms with Gasteiger partial charge in [0.15, 0.2) is 6.10 Å². The molecule has 1 N–H and O–H groups in total. The molecule has 2 aromatic rings. The van der Waals surface area contributed by atoms with Crippen LogP contribution in [0.25, 0.3) is 0 Å². The molecule has 5 nitrogen and oxygen atoms in total. The predicted molar refractivity (Wildman–Crippen MR) is 98.1 cm³/mol. The summed E-state index contributed by atoms with van der Waals surface area (Å²) >= 11 is 0. The predicted octanol–water partition coefficient (Wildman–Crippen LogP) is 3.77. The summed E-state index contributed by atoms with van der Waals surface area (Å²) in [4.78, 5) is 26.2. The van der Waals surface area contributed by atoms with Crippen LogP contribution in [-0.4, -0.2) is 24.5 Å². The Bertz CT molecular complexity index is 877. The minimum Gasteiger partial charge on any atom is -0.479 e. The van der Waals surface area contributed by atoms with Gasteiger partial charge in [-0.25, -0.2) is 4.39 Å². The molecular weight excluding hydrogens is 335 g/mol. The lowest BCUT2D eigenvalue weighted by Gasteiger charge is -2.33. The summed E-state index contributed by atoms with van der Waals surface area (Å²) in [5.74, 6) is -0.387. The standard InChI is InChI=1S/C20H19FN2O3/c1-12(2)11-23-17-9-8-16(10-18(17)26-13(3)20(23)25)22-19(24)14-4-6-15(21)7-5-14/h4-10,13H,1,11H2,2-3H3,(H,22,24). The maximum absolute atomic E-state index is 13.0. The molecule has 0 spiro atoms. The SMILES string of the molecule is C=C(C)CN1C(=O)C(C)Oc2cc(NC(=O)c3ccc(F)cc3)ccc21. The van der Waals surface area contributed by atoms with Crippen LogP contribution in [-0.2, 0) is 4.79 Å². The highest BCUT2D eigenvalue weighted by molar-refractivity contribution is 6.05. The zero-order chi connectivity index (χ0) is 18.8. The quantitative estimate of drug-likeness (QED) is 0.851. The molecule has 3 rings (SSSR count). The first-order valence-electron chi connectivity index (χ1n) is 8.18. The first-order chi connectivity index (χ1) is 12.3. The monoisotopic (exact) mass is 354 g/mol. The molecule has 1 aliphatic heterocycles. The van der Waals surface area contributed by atoms with Gasteiger partial charge in [-0.1, -0.05) is 12.2 Å². The van der Waals surface area contributed by atoms with Crippen LogP contribution in [0.3, 0.4) is 0 Å². The van der Waals surface area contributed by atoms with E-state index in [1.54, 1.807) is 30.0 Å². The lowest BCUT2D eigenvalue weighted by atomic mass is 10.1. The molecule has 1 unspecified atom stereocenters. The van der Waals surface area contributed by atoms with Gasteiger partial charge in [-0.3, -0.25) is 9.59 Å². The first kappa shape index (κ1) is 17.7. The molecule has 26 heavy (non-hydrogen) atoms. The number of halogens is 1. The van der Waals surface area contributed by atoms with E-state index in [1.807, 2.05) is 6.92 Å². The third-order valence-electron chi connectivity index (χ3n) is 3.96. The Hall–Kier alpha value is -3.15. The highest BCUT2D eigenvalue weighted by atomic mass is 19.1. The van der Waals surface area contributed by atoms with Gasteiger partial charge in [0.1, 0.15) is 11.6 Å². The molecule has 1 atom stereocenters. The highest BCUT2D eigenvalue weighted by Gasteiger charge is 2.31. The van der Waals surface area contributed by atoms with Crippen molar-refractivity contribution in [3.8, 4) is 5.75 Å². The second kappa shape index (κ2) is 7.00. The Morgan fingerprint density at radius 2 is 1.96 bits per heavy atom. The second-order valence-electron chi connectivity index (χ2n) is 6.29. The molecule has 134 valence electrons. The number of nitrogens with one attached hydrogen (secondary N) is 1. The molecule has 2 aromatic carbocycles. The van der Waals surface area contributed by atoms with Crippen molar-refractivity contribution in [1.82, 2.24) is 0 Å². The topological polar surface area (TPSA) is 58.6 Å². The van der Waals surface area contributed by atoms with Gasteiger partial charge in [0.25, 0.3) is 11.8 Å². The van der Waals surface area contributed by atoms with Crippen molar-refractivity contribution in [2.45, 2.75) is 20.0 Å². The normalized spacial score (nSPS) is 15.9. The molecular formula is C20H19FN2O3. The molecule has 2 amide bonds. The largest absolute Gasteiger partial charge is 0.479 e. The third-order valence-corrected chi connectivity index (χ3v) is 3.96. The fraction of sp³-hybridized carbons (Fsp3) is 0.200. The van der Waals surface area contributed by atoms with E-state index in [9.17, 15) is 14.0 Å². The fourth-order valence-corrected chi connectivity index (χ4v) is 2.73. The number of ether oxygens (including phenoxy) is 1. The van der Waals surface area contributed by atoms with Gasteiger partial charge in [-0.2, -0.15) is 0 Å². The zero-order valence-corrected chi connectivity index (χ0v) is 14.6. The van der Waals surface area contributed by atoms with Crippen LogP contribution < -0.4 is 15.0 Å². The average Bonchev–Trinajstić information content (AvgIpc) is 2.59. The summed E-state index contributed by atoms with van der Waals surface area (Å²) in [7, 11) is 0. The number of hydrogen-bond acceptors (Lipinski definition) is 3. The minimum absolute atomic E-state index is 0.136. The molecule has 0 fully saturated rings. The summed E-state index contributed by atoms with van der Waals surface area (Å²) in [5.41, 5.74) is 2.36. The number of anilines is 2. The Labute approximate surface area is 151 Å². The Balaban J connectivity index is 1.85. The van der Waals surface area contributed by atoms with Crippen molar-refractivity contribution in [2.75, 3.05) is 16.8 Å². The van der Waals surface area contributed by atoms with Crippen LogP contribution in [0.1, 0.15) is 24.2 Å². The van der Waals surface area contributed by atoms with Crippen molar-refractivity contribution >= 4 is 23.2 Å². The van der Waals surface area contributed by atoms with E-state index < -0.39 is 11.9 Å². The van der Waals surface area contributed by atoms with Gasteiger partial charge < -0.3 is 15.0 Å². The van der Waals surface area contributed by atoms with E-state index in [-0.39, 0.29) is 11.8 Å². The van der Waals surface area contributed by atoms with E-state index in [4.69, 9.17) is 4.74 Å². The van der Waals surface area contributed by atoms with Gasteiger partial charge in [-0.15, -0.1) is 0 Å². The van der Waals surface area contributed by atoms with Crippen LogP contribution in [0, 0.1) is 5.82 Å². The number of benzene rings is 2. The van der Waals surface area contributed by atoms with Crippen molar-refractivity contribution in [3.63, 3.8) is 0 Å². The lowest BCUT2D eigenvalue weighted by molar-refractivity contribution is -0.125. The Morgan fingerprint density at radius 1 is 1.27 bits per heavy atom. The van der Waals surface area contributed by atoms with Crippen LogP contribution in [0.2, 0.25) is 0 Å². The molecule has 1 heterocycles. The van der Waals surface area contributed by atoms with Crippen LogP contribution >= 0.6 is 0 Å². The molecule has 0 saturated carbocycles. The van der Waals surface area contributed by atoms with Gasteiger partial charge in [0.05, 0.1) is 5.69 Å². The summed E-state index contributed by atoms with van der Waals surface area (Å²) in [6, 6.07) is 10.4. The molecule has 6 heteroatoms. The van der Waals surface area contributed by atoms with Crippen LogP contribution in [0.15, 0.2) is 54.6 Å². The summed E-state index contributed by atoms with van der Waals surface area (Å²) in [6.45, 7) is 7.80. The third kappa shape index (κ3) is 3.59. The number of rotatable bonds is 4. The Morgan fingerprint density at radius 3 is 2.62 bits per heavy atom. The number of hydrogen-bond donors (Lipinski definition) is 1. The van der Waals surface area contributed by atoms with Crippen LogP contribution in [0.5, 0.6) is 5.75 Å². The summed E-state index contributed by atoms with van der Waals surface area (Å²) in [6.07, 6.45) is -0.620. The number of nitrogens with zero attached hydrogens (tertiary/aromatic N) is 1. The van der Waals surface area contributed by atoms with Gasteiger partial charge in [0, 0.05) is 23.9 Å². The van der Waals surface area contributed by atoms with Gasteiger partial charge in [0.2, 0.25) is 0 Å². The van der Waals surface area contributed by atoms with Crippen molar-refractivity contribution in [2.24, 2.45) is 0 Å². The van der Waals surface area contributed by atoms with E-state index in [0.717, 1.165) is 5.57 Å². The van der Waals surface area contributed by atoms with E-state index >= 15 is 0 Å². The van der Waals surface area contributed by atoms with E-state index in [1.165, 1.54) is 24.3 Å². The molecule has 0 aromatic heterocycles. The number of fused-ring (bicyclic) bond motifs is 1. The zero-order valence-electron chi connectivity index (χ0n) is 14.6. The van der Waals surface area contributed by atoms with Gasteiger partial charge >= 0.3 is 0 Å². The lowest BCUT2D eigenvalue weighted by Crippen LogP contribution is -2.45. The second-order valence-corrected chi connectivity index (χ2v) is 6.29.